The van der Waals surface area contributed by atoms with Crippen molar-refractivity contribution in [1.82, 2.24) is 5.32 Å². The number of nitrogens with one attached hydrogen (secondary N) is 2. The van der Waals surface area contributed by atoms with Crippen molar-refractivity contribution < 1.29 is 23.1 Å². The van der Waals surface area contributed by atoms with Crippen LogP contribution in [0.25, 0.3) is 11.1 Å². The molecule has 37 heavy (non-hydrogen) atoms. The number of thiophene rings is 1. The molecule has 0 aliphatic carbocycles. The van der Waals surface area contributed by atoms with Gasteiger partial charge in [0.1, 0.15) is 5.84 Å². The molecule has 5 N–H and O–H groups in total. The van der Waals surface area contributed by atoms with E-state index in [4.69, 9.17) is 16.1 Å². The Kier molecular flexibility index (Phi) is 8.93. The number of amides is 3. The van der Waals surface area contributed by atoms with Crippen molar-refractivity contribution in [3.8, 4) is 17.2 Å². The molecule has 3 aromatic rings. The Morgan fingerprint density at radius 2 is 1.95 bits per heavy atom. The Morgan fingerprint density at radius 3 is 2.62 bits per heavy atom. The molecule has 0 aliphatic rings. The van der Waals surface area contributed by atoms with Crippen LogP contribution in [0.15, 0.2) is 67.5 Å². The lowest BCUT2D eigenvalue weighted by atomic mass is 9.98. The smallest absolute Gasteiger partial charge is 0.433 e. The molecule has 192 valence electrons. The maximum atomic E-state index is 13.6. The van der Waals surface area contributed by atoms with E-state index < -0.39 is 22.0 Å². The second kappa shape index (κ2) is 11.9. The van der Waals surface area contributed by atoms with E-state index in [9.17, 15) is 18.0 Å². The number of rotatable bonds is 8. The van der Waals surface area contributed by atoms with Crippen LogP contribution in [-0.2, 0) is 9.84 Å². The highest BCUT2D eigenvalue weighted by Crippen LogP contribution is 2.39. The molecule has 0 radical (unpaired) electrons. The number of aliphatic imine (C=N–C) groups is 1. The summed E-state index contributed by atoms with van der Waals surface area (Å²) in [5.41, 5.74) is 8.24. The number of carbonyl (C=O) groups excluding carboxylic acids is 1. The Balaban J connectivity index is 2.04. The summed E-state index contributed by atoms with van der Waals surface area (Å²) in [5.74, 6) is -0.285. The monoisotopic (exact) mass is 557 g/mol. The van der Waals surface area contributed by atoms with Crippen LogP contribution in [0.5, 0.6) is 0 Å². The number of aryl methyl sites for hydroxylation is 1. The summed E-state index contributed by atoms with van der Waals surface area (Å²) in [5, 5.41) is 22.9. The molecular formula is C24H23N5O5S3. The van der Waals surface area contributed by atoms with Gasteiger partial charge in [0.15, 0.2) is 0 Å². The lowest BCUT2D eigenvalue weighted by Gasteiger charge is -2.15. The predicted molar refractivity (Wildman–Crippen MR) is 144 cm³/mol. The van der Waals surface area contributed by atoms with Crippen molar-refractivity contribution in [2.45, 2.75) is 27.3 Å². The van der Waals surface area contributed by atoms with Crippen molar-refractivity contribution in [1.29, 1.82) is 5.26 Å². The largest absolute Gasteiger partial charge is 0.463 e. The van der Waals surface area contributed by atoms with Gasteiger partial charge in [0, 0.05) is 12.1 Å². The molecule has 1 aromatic heterocycles. The molecule has 1 heterocycles. The molecule has 0 atom stereocenters. The van der Waals surface area contributed by atoms with Gasteiger partial charge in [-0.3, -0.25) is 0 Å². The highest BCUT2D eigenvalue weighted by Gasteiger charge is 2.26. The number of nitrogens with zero attached hydrogens (tertiary/aromatic N) is 2. The topological polar surface area (TPSA) is 175 Å². The Morgan fingerprint density at radius 1 is 1.22 bits per heavy atom. The molecule has 13 heteroatoms. The standard InChI is InChI=1S/C24H23N5O5S3/c1-14-6-3-9-17(28-23(30)27-11-5-10-25)20(14)15-7-4-8-16(12-15)37(33,34)19-13-18(36-22(19)35-2)21(26)29-24(31)32/h3-4,6-9,12-13H,5,11H2,1-2H3,(H2,26,29)(H,31,32)(H2,27,28,30). The molecule has 0 spiro atoms. The second-order valence-electron chi connectivity index (χ2n) is 7.56. The normalized spacial score (nSPS) is 11.5. The number of anilines is 1. The first-order valence-electron chi connectivity index (χ1n) is 10.7. The van der Waals surface area contributed by atoms with Crippen LogP contribution in [0.1, 0.15) is 16.9 Å². The first-order valence-corrected chi connectivity index (χ1v) is 14.2. The van der Waals surface area contributed by atoms with Gasteiger partial charge >= 0.3 is 12.1 Å². The minimum atomic E-state index is -4.02. The Labute approximate surface area is 222 Å². The van der Waals surface area contributed by atoms with Gasteiger partial charge in [-0.25, -0.2) is 18.0 Å². The first-order chi connectivity index (χ1) is 17.6. The summed E-state index contributed by atoms with van der Waals surface area (Å²) in [6.07, 6.45) is 0.405. The van der Waals surface area contributed by atoms with Gasteiger partial charge in [0.2, 0.25) is 9.84 Å². The van der Waals surface area contributed by atoms with Gasteiger partial charge in [-0.05, 0) is 48.6 Å². The van der Waals surface area contributed by atoms with Gasteiger partial charge in [0.05, 0.1) is 37.1 Å². The van der Waals surface area contributed by atoms with E-state index in [1.165, 1.54) is 30.0 Å². The molecule has 0 bridgehead atoms. The number of carbonyl (C=O) groups is 2. The fraction of sp³-hybridized carbons (Fsp3) is 0.167. The average molecular weight is 558 g/mol. The van der Waals surface area contributed by atoms with Crippen LogP contribution < -0.4 is 16.4 Å². The zero-order chi connectivity index (χ0) is 27.2. The number of amidine groups is 1. The maximum absolute atomic E-state index is 13.6. The number of hydrogen-bond acceptors (Lipinski definition) is 7. The Hall–Kier alpha value is -3.86. The van der Waals surface area contributed by atoms with Crippen molar-refractivity contribution >= 4 is 56.6 Å². The first kappa shape index (κ1) is 27.7. The average Bonchev–Trinajstić information content (AvgIpc) is 3.30. The molecule has 10 nitrogen and oxygen atoms in total. The van der Waals surface area contributed by atoms with Crippen LogP contribution in [0.3, 0.4) is 0 Å². The van der Waals surface area contributed by atoms with E-state index in [0.29, 0.717) is 21.0 Å². The molecule has 0 saturated heterocycles. The highest BCUT2D eigenvalue weighted by atomic mass is 32.2. The number of urea groups is 1. The third kappa shape index (κ3) is 6.48. The fourth-order valence-corrected chi connectivity index (χ4v) is 7.41. The van der Waals surface area contributed by atoms with Crippen molar-refractivity contribution in [3.63, 3.8) is 0 Å². The number of carboxylic acid groups (broad SMARTS) is 1. The predicted octanol–water partition coefficient (Wildman–Crippen LogP) is 4.70. The van der Waals surface area contributed by atoms with E-state index in [2.05, 4.69) is 15.6 Å². The summed E-state index contributed by atoms with van der Waals surface area (Å²) in [7, 11) is -4.02. The molecule has 2 aromatic carbocycles. The van der Waals surface area contributed by atoms with E-state index >= 15 is 0 Å². The third-order valence-corrected chi connectivity index (χ3v) is 9.41. The number of thioether (sulfide) groups is 1. The molecule has 0 fully saturated rings. The number of sulfone groups is 1. The Bertz CT molecular complexity index is 1520. The third-order valence-electron chi connectivity index (χ3n) is 5.09. The quantitative estimate of drug-likeness (QED) is 0.133. The molecule has 3 rings (SSSR count). The lowest BCUT2D eigenvalue weighted by Crippen LogP contribution is -2.29. The van der Waals surface area contributed by atoms with Crippen molar-refractivity contribution in [3.05, 3.63) is 59.0 Å². The fourth-order valence-electron chi connectivity index (χ4n) is 3.47. The highest BCUT2D eigenvalue weighted by molar-refractivity contribution is 8.01. The van der Waals surface area contributed by atoms with Crippen molar-refractivity contribution in [2.24, 2.45) is 10.7 Å². The summed E-state index contributed by atoms with van der Waals surface area (Å²) >= 11 is 2.24. The zero-order valence-corrected chi connectivity index (χ0v) is 22.3. The summed E-state index contributed by atoms with van der Waals surface area (Å²) < 4.78 is 27.7. The lowest BCUT2D eigenvalue weighted by molar-refractivity contribution is 0.205. The summed E-state index contributed by atoms with van der Waals surface area (Å²) in [6, 6.07) is 14.4. The van der Waals surface area contributed by atoms with Gasteiger partial charge in [-0.2, -0.15) is 10.3 Å². The number of nitriles is 1. The maximum Gasteiger partial charge on any atom is 0.433 e. The SMILES string of the molecule is CSc1sc(/C(N)=N\C(=O)O)cc1S(=O)(=O)c1cccc(-c2c(C)cccc2NC(=O)NCCC#N)c1. The van der Waals surface area contributed by atoms with Crippen LogP contribution in [0.4, 0.5) is 15.3 Å². The minimum Gasteiger partial charge on any atom is -0.463 e. The van der Waals surface area contributed by atoms with Crippen LogP contribution in [-0.4, -0.2) is 44.3 Å². The van der Waals surface area contributed by atoms with Gasteiger partial charge in [-0.1, -0.05) is 24.3 Å². The molecule has 0 saturated carbocycles. The zero-order valence-electron chi connectivity index (χ0n) is 19.8. The number of hydrogen-bond donors (Lipinski definition) is 4. The van der Waals surface area contributed by atoms with Crippen LogP contribution >= 0.6 is 23.1 Å². The van der Waals surface area contributed by atoms with Crippen LogP contribution in [0.2, 0.25) is 0 Å². The van der Waals surface area contributed by atoms with Gasteiger partial charge in [0.25, 0.3) is 0 Å². The van der Waals surface area contributed by atoms with Crippen molar-refractivity contribution in [2.75, 3.05) is 18.1 Å². The molecule has 0 unspecified atom stereocenters. The van der Waals surface area contributed by atoms with E-state index in [1.807, 2.05) is 19.1 Å². The van der Waals surface area contributed by atoms with E-state index in [0.717, 1.165) is 16.9 Å². The molecule has 3 amide bonds. The second-order valence-corrected chi connectivity index (χ2v) is 11.6. The molecular weight excluding hydrogens is 534 g/mol. The van der Waals surface area contributed by atoms with Gasteiger partial charge in [-0.15, -0.1) is 23.1 Å². The minimum absolute atomic E-state index is 0.000640. The summed E-state index contributed by atoms with van der Waals surface area (Å²) in [4.78, 5) is 26.7. The van der Waals surface area contributed by atoms with E-state index in [-0.39, 0.29) is 33.5 Å². The van der Waals surface area contributed by atoms with E-state index in [1.54, 1.807) is 30.5 Å². The van der Waals surface area contributed by atoms with Crippen LogP contribution in [0, 0.1) is 18.3 Å². The summed E-state index contributed by atoms with van der Waals surface area (Å²) in [6.45, 7) is 2.04. The number of benzene rings is 2. The molecule has 0 aliphatic heterocycles. The number of nitrogens with two attached hydrogens (primary N) is 1. The van der Waals surface area contributed by atoms with Gasteiger partial charge < -0.3 is 21.5 Å².